The highest BCUT2D eigenvalue weighted by Gasteiger charge is 2.26. The summed E-state index contributed by atoms with van der Waals surface area (Å²) in [6, 6.07) is 0. The van der Waals surface area contributed by atoms with Gasteiger partial charge in [0, 0.05) is 12.1 Å². The molecule has 1 N–H and O–H groups in total. The highest BCUT2D eigenvalue weighted by molar-refractivity contribution is 6.30. The van der Waals surface area contributed by atoms with Crippen molar-refractivity contribution in [3.63, 3.8) is 0 Å². The van der Waals surface area contributed by atoms with Crippen molar-refractivity contribution in [1.29, 1.82) is 0 Å². The fourth-order valence-electron chi connectivity index (χ4n) is 2.49. The third kappa shape index (κ3) is 3.09. The van der Waals surface area contributed by atoms with Gasteiger partial charge in [-0.2, -0.15) is 0 Å². The molecule has 2 rings (SSSR count). The van der Waals surface area contributed by atoms with Crippen LogP contribution in [0.15, 0.2) is 6.33 Å². The van der Waals surface area contributed by atoms with Gasteiger partial charge in [-0.3, -0.25) is 0 Å². The van der Waals surface area contributed by atoms with Gasteiger partial charge in [0.2, 0.25) is 0 Å². The zero-order valence-electron chi connectivity index (χ0n) is 10.6. The van der Waals surface area contributed by atoms with Crippen LogP contribution < -0.4 is 5.32 Å². The molecule has 94 valence electrons. The lowest BCUT2D eigenvalue weighted by Crippen LogP contribution is -2.29. The van der Waals surface area contributed by atoms with Crippen LogP contribution in [0.4, 0.5) is 5.82 Å². The van der Waals surface area contributed by atoms with E-state index in [9.17, 15) is 0 Å². The van der Waals surface area contributed by atoms with Crippen LogP contribution in [-0.4, -0.2) is 16.5 Å². The second-order valence-corrected chi connectivity index (χ2v) is 5.72. The summed E-state index contributed by atoms with van der Waals surface area (Å²) in [6.07, 6.45) is 8.20. The van der Waals surface area contributed by atoms with Gasteiger partial charge in [-0.05, 0) is 25.2 Å². The number of hydrogen-bond donors (Lipinski definition) is 1. The number of rotatable bonds is 3. The van der Waals surface area contributed by atoms with E-state index in [1.165, 1.54) is 38.4 Å². The monoisotopic (exact) mass is 253 g/mol. The molecule has 0 aromatic carbocycles. The van der Waals surface area contributed by atoms with Crippen molar-refractivity contribution in [1.82, 2.24) is 9.97 Å². The van der Waals surface area contributed by atoms with E-state index in [4.69, 9.17) is 11.6 Å². The lowest BCUT2D eigenvalue weighted by molar-refractivity contribution is 0.233. The van der Waals surface area contributed by atoms with Crippen LogP contribution in [0.5, 0.6) is 0 Å². The minimum absolute atomic E-state index is 0.405. The minimum atomic E-state index is 0.405. The first-order valence-electron chi connectivity index (χ1n) is 6.32. The summed E-state index contributed by atoms with van der Waals surface area (Å²) in [4.78, 5) is 8.21. The van der Waals surface area contributed by atoms with E-state index in [0.29, 0.717) is 10.6 Å². The molecule has 1 heterocycles. The largest absolute Gasteiger partial charge is 0.369 e. The molecular weight excluding hydrogens is 234 g/mol. The standard InChI is InChI=1S/C13H20ClN3/c1-10-11(14)16-9-17-12(10)15-8-13(2)6-4-3-5-7-13/h9H,3-8H2,1-2H3,(H,15,16,17). The van der Waals surface area contributed by atoms with Crippen LogP contribution in [0.25, 0.3) is 0 Å². The fraction of sp³-hybridized carbons (Fsp3) is 0.692. The van der Waals surface area contributed by atoms with Crippen molar-refractivity contribution in [3.05, 3.63) is 17.0 Å². The Morgan fingerprint density at radius 2 is 2.00 bits per heavy atom. The summed E-state index contributed by atoms with van der Waals surface area (Å²) in [7, 11) is 0. The van der Waals surface area contributed by atoms with Crippen LogP contribution in [-0.2, 0) is 0 Å². The highest BCUT2D eigenvalue weighted by atomic mass is 35.5. The van der Waals surface area contributed by atoms with E-state index in [2.05, 4.69) is 22.2 Å². The van der Waals surface area contributed by atoms with Gasteiger partial charge in [0.1, 0.15) is 17.3 Å². The number of nitrogens with zero attached hydrogens (tertiary/aromatic N) is 2. The van der Waals surface area contributed by atoms with Crippen LogP contribution in [0.2, 0.25) is 5.15 Å². The Balaban J connectivity index is 1.99. The zero-order valence-corrected chi connectivity index (χ0v) is 11.3. The smallest absolute Gasteiger partial charge is 0.137 e. The Hall–Kier alpha value is -0.830. The second kappa shape index (κ2) is 5.21. The molecule has 0 spiro atoms. The van der Waals surface area contributed by atoms with Crippen molar-refractivity contribution >= 4 is 17.4 Å². The van der Waals surface area contributed by atoms with Crippen molar-refractivity contribution in [2.24, 2.45) is 5.41 Å². The van der Waals surface area contributed by atoms with E-state index in [0.717, 1.165) is 17.9 Å². The molecule has 0 unspecified atom stereocenters. The Labute approximate surface area is 108 Å². The van der Waals surface area contributed by atoms with Gasteiger partial charge < -0.3 is 5.32 Å². The Kier molecular flexibility index (Phi) is 3.87. The average Bonchev–Trinajstić information content (AvgIpc) is 2.32. The molecular formula is C13H20ClN3. The molecule has 17 heavy (non-hydrogen) atoms. The molecule has 1 aromatic rings. The molecule has 1 aromatic heterocycles. The number of hydrogen-bond acceptors (Lipinski definition) is 3. The molecule has 1 fully saturated rings. The van der Waals surface area contributed by atoms with Gasteiger partial charge in [0.25, 0.3) is 0 Å². The molecule has 1 aliphatic rings. The summed E-state index contributed by atoms with van der Waals surface area (Å²) in [5, 5.41) is 3.97. The summed E-state index contributed by atoms with van der Waals surface area (Å²) < 4.78 is 0. The van der Waals surface area contributed by atoms with Crippen molar-refractivity contribution < 1.29 is 0 Å². The lowest BCUT2D eigenvalue weighted by atomic mass is 9.76. The number of nitrogens with one attached hydrogen (secondary N) is 1. The summed E-state index contributed by atoms with van der Waals surface area (Å²) in [5.74, 6) is 0.872. The van der Waals surface area contributed by atoms with Crippen LogP contribution in [0.1, 0.15) is 44.6 Å². The van der Waals surface area contributed by atoms with Crippen molar-refractivity contribution in [3.8, 4) is 0 Å². The number of halogens is 1. The highest BCUT2D eigenvalue weighted by Crippen LogP contribution is 2.35. The summed E-state index contributed by atoms with van der Waals surface area (Å²) in [5.41, 5.74) is 1.34. The molecule has 0 atom stereocenters. The lowest BCUT2D eigenvalue weighted by Gasteiger charge is -2.34. The first-order chi connectivity index (χ1) is 8.11. The zero-order chi connectivity index (χ0) is 12.3. The second-order valence-electron chi connectivity index (χ2n) is 5.36. The molecule has 0 saturated heterocycles. The Bertz CT molecular complexity index is 386. The first kappa shape index (κ1) is 12.6. The average molecular weight is 254 g/mol. The van der Waals surface area contributed by atoms with Crippen molar-refractivity contribution in [2.75, 3.05) is 11.9 Å². The minimum Gasteiger partial charge on any atom is -0.369 e. The van der Waals surface area contributed by atoms with Gasteiger partial charge in [-0.1, -0.05) is 37.8 Å². The molecule has 0 radical (unpaired) electrons. The summed E-state index contributed by atoms with van der Waals surface area (Å²) >= 11 is 5.98. The third-order valence-electron chi connectivity index (χ3n) is 3.77. The SMILES string of the molecule is Cc1c(Cl)ncnc1NCC1(C)CCCCC1. The van der Waals surface area contributed by atoms with Crippen LogP contribution >= 0.6 is 11.6 Å². The van der Waals surface area contributed by atoms with E-state index in [1.807, 2.05) is 6.92 Å². The predicted octanol–water partition coefficient (Wildman–Crippen LogP) is 3.82. The van der Waals surface area contributed by atoms with E-state index in [1.54, 1.807) is 0 Å². The van der Waals surface area contributed by atoms with Crippen LogP contribution in [0.3, 0.4) is 0 Å². The summed E-state index contributed by atoms with van der Waals surface area (Å²) in [6.45, 7) is 5.28. The van der Waals surface area contributed by atoms with Crippen LogP contribution in [0, 0.1) is 12.3 Å². The molecule has 0 bridgehead atoms. The van der Waals surface area contributed by atoms with Gasteiger partial charge in [0.15, 0.2) is 0 Å². The van der Waals surface area contributed by atoms with E-state index in [-0.39, 0.29) is 0 Å². The third-order valence-corrected chi connectivity index (χ3v) is 4.15. The maximum absolute atomic E-state index is 5.98. The topological polar surface area (TPSA) is 37.8 Å². The van der Waals surface area contributed by atoms with Crippen molar-refractivity contribution in [2.45, 2.75) is 46.0 Å². The normalized spacial score (nSPS) is 19.0. The molecule has 0 aliphatic heterocycles. The fourth-order valence-corrected chi connectivity index (χ4v) is 2.62. The maximum Gasteiger partial charge on any atom is 0.137 e. The Morgan fingerprint density at radius 3 is 2.71 bits per heavy atom. The number of anilines is 1. The first-order valence-corrected chi connectivity index (χ1v) is 6.69. The number of aromatic nitrogens is 2. The molecule has 1 aliphatic carbocycles. The molecule has 4 heteroatoms. The molecule has 3 nitrogen and oxygen atoms in total. The van der Waals surface area contributed by atoms with E-state index >= 15 is 0 Å². The molecule has 1 saturated carbocycles. The maximum atomic E-state index is 5.98. The predicted molar refractivity (Wildman–Crippen MR) is 71.5 cm³/mol. The van der Waals surface area contributed by atoms with Gasteiger partial charge in [-0.25, -0.2) is 9.97 Å². The quantitative estimate of drug-likeness (QED) is 0.833. The molecule has 0 amide bonds. The van der Waals surface area contributed by atoms with Gasteiger partial charge in [-0.15, -0.1) is 0 Å². The van der Waals surface area contributed by atoms with Gasteiger partial charge >= 0.3 is 0 Å². The van der Waals surface area contributed by atoms with Gasteiger partial charge in [0.05, 0.1) is 0 Å². The van der Waals surface area contributed by atoms with E-state index < -0.39 is 0 Å². The Morgan fingerprint density at radius 1 is 1.29 bits per heavy atom.